The Morgan fingerprint density at radius 3 is 2.83 bits per heavy atom. The minimum Gasteiger partial charge on any atom is -0.497 e. The molecule has 1 fully saturated rings. The Labute approximate surface area is 141 Å². The highest BCUT2D eigenvalue weighted by Gasteiger charge is 2.36. The third-order valence-electron chi connectivity index (χ3n) is 4.75. The van der Waals surface area contributed by atoms with Gasteiger partial charge in [0.25, 0.3) is 0 Å². The highest BCUT2D eigenvalue weighted by molar-refractivity contribution is 7.91. The summed E-state index contributed by atoms with van der Waals surface area (Å²) in [4.78, 5) is 0.472. The van der Waals surface area contributed by atoms with Crippen LogP contribution in [0.1, 0.15) is 17.9 Å². The lowest BCUT2D eigenvalue weighted by atomic mass is 9.90. The topological polar surface area (TPSA) is 64.6 Å². The van der Waals surface area contributed by atoms with Gasteiger partial charge >= 0.3 is 0 Å². The Bertz CT molecular complexity index is 878. The van der Waals surface area contributed by atoms with E-state index in [9.17, 15) is 8.42 Å². The number of rotatable bonds is 3. The zero-order valence-corrected chi connectivity index (χ0v) is 14.2. The van der Waals surface area contributed by atoms with E-state index in [-0.39, 0.29) is 15.9 Å². The van der Waals surface area contributed by atoms with Gasteiger partial charge in [0.2, 0.25) is 9.84 Å². The third-order valence-corrected chi connectivity index (χ3v) is 6.50. The molecule has 2 heterocycles. The van der Waals surface area contributed by atoms with Crippen molar-refractivity contribution in [3.63, 3.8) is 0 Å². The van der Waals surface area contributed by atoms with Gasteiger partial charge in [0.05, 0.1) is 16.9 Å². The molecule has 0 bridgehead atoms. The normalized spacial score (nSPS) is 22.4. The summed E-state index contributed by atoms with van der Waals surface area (Å²) >= 11 is 0. The summed E-state index contributed by atoms with van der Waals surface area (Å²) in [5, 5.41) is 3.32. The number of hydrogen-bond acceptors (Lipinski definition) is 5. The zero-order valence-electron chi connectivity index (χ0n) is 13.4. The van der Waals surface area contributed by atoms with Gasteiger partial charge in [-0.05, 0) is 43.3 Å². The number of nitrogens with one attached hydrogen (secondary N) is 1. The minimum absolute atomic E-state index is 0.100. The zero-order chi connectivity index (χ0) is 16.7. The Balaban J connectivity index is 1.72. The van der Waals surface area contributed by atoms with Crippen molar-refractivity contribution in [2.45, 2.75) is 28.2 Å². The first-order valence-corrected chi connectivity index (χ1v) is 9.48. The molecule has 0 aliphatic carbocycles. The Kier molecular flexibility index (Phi) is 3.73. The SMILES string of the molecule is COc1cccc(S(=O)(=O)c2ccc3c(c2)O[C@H]2CNCC[C@@H]32)c1. The van der Waals surface area contributed by atoms with Crippen LogP contribution in [0.15, 0.2) is 52.3 Å². The molecule has 2 aromatic carbocycles. The second-order valence-corrected chi connectivity index (χ2v) is 8.09. The van der Waals surface area contributed by atoms with Crippen LogP contribution in [0.5, 0.6) is 11.5 Å². The predicted molar refractivity (Wildman–Crippen MR) is 89.5 cm³/mol. The summed E-state index contributed by atoms with van der Waals surface area (Å²) in [7, 11) is -2.08. The van der Waals surface area contributed by atoms with Crippen molar-refractivity contribution in [2.24, 2.45) is 0 Å². The van der Waals surface area contributed by atoms with E-state index in [2.05, 4.69) is 5.32 Å². The second kappa shape index (κ2) is 5.79. The van der Waals surface area contributed by atoms with Crippen molar-refractivity contribution in [1.29, 1.82) is 0 Å². The summed E-state index contributed by atoms with van der Waals surface area (Å²) in [5.41, 5.74) is 1.12. The van der Waals surface area contributed by atoms with Crippen LogP contribution in [0.2, 0.25) is 0 Å². The Morgan fingerprint density at radius 1 is 1.17 bits per heavy atom. The van der Waals surface area contributed by atoms with Crippen molar-refractivity contribution in [1.82, 2.24) is 5.32 Å². The predicted octanol–water partition coefficient (Wildman–Crippen LogP) is 2.37. The maximum Gasteiger partial charge on any atom is 0.206 e. The summed E-state index contributed by atoms with van der Waals surface area (Å²) in [5.74, 6) is 1.57. The van der Waals surface area contributed by atoms with Crippen LogP contribution in [0.4, 0.5) is 0 Å². The van der Waals surface area contributed by atoms with Crippen molar-refractivity contribution >= 4 is 9.84 Å². The van der Waals surface area contributed by atoms with Crippen molar-refractivity contribution < 1.29 is 17.9 Å². The van der Waals surface area contributed by atoms with E-state index in [1.165, 1.54) is 13.2 Å². The number of benzene rings is 2. The first-order valence-electron chi connectivity index (χ1n) is 8.00. The molecular weight excluding hydrogens is 326 g/mol. The molecule has 1 N–H and O–H groups in total. The lowest BCUT2D eigenvalue weighted by molar-refractivity contribution is 0.176. The molecule has 2 atom stereocenters. The lowest BCUT2D eigenvalue weighted by Crippen LogP contribution is -2.39. The molecule has 4 rings (SSSR count). The summed E-state index contributed by atoms with van der Waals surface area (Å²) < 4.78 is 36.9. The highest BCUT2D eigenvalue weighted by atomic mass is 32.2. The van der Waals surface area contributed by atoms with E-state index in [1.807, 2.05) is 6.07 Å². The van der Waals surface area contributed by atoms with Crippen molar-refractivity contribution in [3.8, 4) is 11.5 Å². The van der Waals surface area contributed by atoms with Gasteiger partial charge in [-0.15, -0.1) is 0 Å². The average molecular weight is 345 g/mol. The molecular formula is C18H19NO4S. The molecule has 2 aliphatic rings. The van der Waals surface area contributed by atoms with E-state index in [0.29, 0.717) is 17.4 Å². The number of ether oxygens (including phenoxy) is 2. The first kappa shape index (κ1) is 15.5. The minimum atomic E-state index is -3.60. The van der Waals surface area contributed by atoms with E-state index in [4.69, 9.17) is 9.47 Å². The number of methoxy groups -OCH3 is 1. The van der Waals surface area contributed by atoms with Crippen LogP contribution in [-0.2, 0) is 9.84 Å². The van der Waals surface area contributed by atoms with Crippen molar-refractivity contribution in [2.75, 3.05) is 20.2 Å². The van der Waals surface area contributed by atoms with Gasteiger partial charge in [-0.3, -0.25) is 0 Å². The second-order valence-electron chi connectivity index (χ2n) is 6.14. The van der Waals surface area contributed by atoms with Gasteiger partial charge in [-0.1, -0.05) is 12.1 Å². The monoisotopic (exact) mass is 345 g/mol. The van der Waals surface area contributed by atoms with Crippen LogP contribution >= 0.6 is 0 Å². The summed E-state index contributed by atoms with van der Waals surface area (Å²) in [6.45, 7) is 1.77. The molecule has 0 saturated carbocycles. The van der Waals surface area contributed by atoms with Crippen LogP contribution in [0.3, 0.4) is 0 Å². The van der Waals surface area contributed by atoms with Gasteiger partial charge in [0, 0.05) is 18.0 Å². The summed E-state index contributed by atoms with van der Waals surface area (Å²) in [6, 6.07) is 11.8. The fourth-order valence-electron chi connectivity index (χ4n) is 3.47. The van der Waals surface area contributed by atoms with E-state index in [1.54, 1.807) is 30.3 Å². The van der Waals surface area contributed by atoms with Gasteiger partial charge in [-0.25, -0.2) is 8.42 Å². The quantitative estimate of drug-likeness (QED) is 0.925. The highest BCUT2D eigenvalue weighted by Crippen LogP contribution is 2.42. The fourth-order valence-corrected chi connectivity index (χ4v) is 4.78. The van der Waals surface area contributed by atoms with Crippen LogP contribution < -0.4 is 14.8 Å². The standard InChI is InChI=1S/C18H19NO4S/c1-22-12-3-2-4-13(9-12)24(20,21)14-5-6-15-16-7-8-19-11-18(16)23-17(15)10-14/h2-6,9-10,16,18-19H,7-8,11H2,1H3/t16-,18-/m0/s1. The molecule has 0 amide bonds. The first-order chi connectivity index (χ1) is 11.6. The van der Waals surface area contributed by atoms with E-state index >= 15 is 0 Å². The smallest absolute Gasteiger partial charge is 0.206 e. The molecule has 0 aromatic heterocycles. The largest absolute Gasteiger partial charge is 0.497 e. The Hall–Kier alpha value is -2.05. The van der Waals surface area contributed by atoms with Gasteiger partial charge < -0.3 is 14.8 Å². The molecule has 0 unspecified atom stereocenters. The van der Waals surface area contributed by atoms with Gasteiger partial charge in [-0.2, -0.15) is 0 Å². The third kappa shape index (κ3) is 2.46. The van der Waals surface area contributed by atoms with Gasteiger partial charge in [0.15, 0.2) is 0 Å². The number of hydrogen-bond donors (Lipinski definition) is 1. The number of sulfone groups is 1. The molecule has 5 nitrogen and oxygen atoms in total. The number of fused-ring (bicyclic) bond motifs is 3. The number of piperidine rings is 1. The average Bonchev–Trinajstić information content (AvgIpc) is 2.99. The molecule has 2 aliphatic heterocycles. The van der Waals surface area contributed by atoms with Crippen molar-refractivity contribution in [3.05, 3.63) is 48.0 Å². The van der Waals surface area contributed by atoms with Gasteiger partial charge in [0.1, 0.15) is 17.6 Å². The van der Waals surface area contributed by atoms with Crippen LogP contribution in [0, 0.1) is 0 Å². The molecule has 6 heteroatoms. The molecule has 2 aromatic rings. The maximum atomic E-state index is 12.9. The molecule has 126 valence electrons. The molecule has 1 saturated heterocycles. The molecule has 0 spiro atoms. The maximum absolute atomic E-state index is 12.9. The molecule has 0 radical (unpaired) electrons. The fraction of sp³-hybridized carbons (Fsp3) is 0.333. The van der Waals surface area contributed by atoms with E-state index in [0.717, 1.165) is 25.1 Å². The van der Waals surface area contributed by atoms with Crippen LogP contribution in [0.25, 0.3) is 0 Å². The molecule has 24 heavy (non-hydrogen) atoms. The van der Waals surface area contributed by atoms with Crippen LogP contribution in [-0.4, -0.2) is 34.7 Å². The van der Waals surface area contributed by atoms with E-state index < -0.39 is 9.84 Å². The lowest BCUT2D eigenvalue weighted by Gasteiger charge is -2.24. The summed E-state index contributed by atoms with van der Waals surface area (Å²) in [6.07, 6.45) is 1.11. The Morgan fingerprint density at radius 2 is 2.00 bits per heavy atom.